The van der Waals surface area contributed by atoms with Gasteiger partial charge in [-0.15, -0.1) is 0 Å². The van der Waals surface area contributed by atoms with Crippen LogP contribution in [0.1, 0.15) is 46.2 Å². The Balaban J connectivity index is 2.73. The Morgan fingerprint density at radius 3 is 2.36 bits per heavy atom. The summed E-state index contributed by atoms with van der Waals surface area (Å²) < 4.78 is 0. The number of rotatable bonds is 6. The zero-order chi connectivity index (χ0) is 16.9. The van der Waals surface area contributed by atoms with Gasteiger partial charge in [0.05, 0.1) is 12.1 Å². The third-order valence-corrected chi connectivity index (χ3v) is 4.38. The van der Waals surface area contributed by atoms with Gasteiger partial charge in [0.25, 0.3) is 0 Å². The smallest absolute Gasteiger partial charge is 0.238 e. The van der Waals surface area contributed by atoms with Crippen molar-refractivity contribution in [2.75, 3.05) is 0 Å². The second-order valence-electron chi connectivity index (χ2n) is 6.09. The van der Waals surface area contributed by atoms with Crippen LogP contribution in [0.25, 0.3) is 0 Å². The SMILES string of the molecule is CC(C)[C@@](C)(C#N)NC(=O)[C@H](C)N[C@H](C)c1ccccc1Cl. The van der Waals surface area contributed by atoms with Gasteiger partial charge in [-0.25, -0.2) is 0 Å². The predicted molar refractivity (Wildman–Crippen MR) is 89.5 cm³/mol. The fraction of sp³-hybridized carbons (Fsp3) is 0.529. The van der Waals surface area contributed by atoms with Gasteiger partial charge in [-0.05, 0) is 38.3 Å². The molecule has 0 saturated carbocycles. The molecule has 22 heavy (non-hydrogen) atoms. The van der Waals surface area contributed by atoms with E-state index in [0.717, 1.165) is 5.56 Å². The molecule has 1 amide bonds. The summed E-state index contributed by atoms with van der Waals surface area (Å²) >= 11 is 6.17. The summed E-state index contributed by atoms with van der Waals surface area (Å²) in [6.45, 7) is 9.29. The zero-order valence-corrected chi connectivity index (χ0v) is 14.5. The molecular weight excluding hydrogens is 298 g/mol. The molecule has 0 aromatic heterocycles. The zero-order valence-electron chi connectivity index (χ0n) is 13.8. The molecule has 1 aromatic carbocycles. The third kappa shape index (κ3) is 4.46. The molecule has 1 aromatic rings. The van der Waals surface area contributed by atoms with Gasteiger partial charge in [0, 0.05) is 11.1 Å². The van der Waals surface area contributed by atoms with Crippen LogP contribution in [0, 0.1) is 17.2 Å². The minimum atomic E-state index is -0.874. The van der Waals surface area contributed by atoms with Gasteiger partial charge < -0.3 is 5.32 Å². The van der Waals surface area contributed by atoms with E-state index in [1.165, 1.54) is 0 Å². The highest BCUT2D eigenvalue weighted by molar-refractivity contribution is 6.31. The van der Waals surface area contributed by atoms with Crippen LogP contribution in [0.15, 0.2) is 24.3 Å². The average Bonchev–Trinajstić information content (AvgIpc) is 2.46. The van der Waals surface area contributed by atoms with Crippen LogP contribution < -0.4 is 10.6 Å². The number of carbonyl (C=O) groups excluding carboxylic acids is 1. The van der Waals surface area contributed by atoms with Gasteiger partial charge in [0.15, 0.2) is 0 Å². The first kappa shape index (κ1) is 18.5. The monoisotopic (exact) mass is 321 g/mol. The van der Waals surface area contributed by atoms with Crippen molar-refractivity contribution in [3.8, 4) is 6.07 Å². The molecule has 2 N–H and O–H groups in total. The van der Waals surface area contributed by atoms with Gasteiger partial charge in [-0.3, -0.25) is 10.1 Å². The number of amides is 1. The first-order valence-electron chi connectivity index (χ1n) is 7.45. The van der Waals surface area contributed by atoms with E-state index in [1.807, 2.05) is 45.0 Å². The minimum absolute atomic E-state index is 0.0228. The molecule has 1 rings (SSSR count). The summed E-state index contributed by atoms with van der Waals surface area (Å²) in [5.41, 5.74) is 0.0661. The second kappa shape index (κ2) is 7.62. The van der Waals surface area contributed by atoms with E-state index in [4.69, 9.17) is 11.6 Å². The maximum Gasteiger partial charge on any atom is 0.238 e. The highest BCUT2D eigenvalue weighted by atomic mass is 35.5. The molecular formula is C17H24ClN3O. The number of hydrogen-bond acceptors (Lipinski definition) is 3. The maximum atomic E-state index is 12.3. The van der Waals surface area contributed by atoms with Crippen molar-refractivity contribution in [2.45, 2.75) is 52.2 Å². The normalized spacial score (nSPS) is 16.5. The molecule has 0 spiro atoms. The van der Waals surface area contributed by atoms with Crippen LogP contribution in [0.5, 0.6) is 0 Å². The maximum absolute atomic E-state index is 12.3. The molecule has 0 saturated heterocycles. The van der Waals surface area contributed by atoms with Crippen molar-refractivity contribution in [1.82, 2.24) is 10.6 Å². The Labute approximate surface area is 137 Å². The largest absolute Gasteiger partial charge is 0.336 e. The van der Waals surface area contributed by atoms with E-state index in [0.29, 0.717) is 5.02 Å². The Hall–Kier alpha value is -1.57. The molecule has 0 bridgehead atoms. The van der Waals surface area contributed by atoms with Crippen LogP contribution in [-0.2, 0) is 4.79 Å². The Bertz CT molecular complexity index is 567. The van der Waals surface area contributed by atoms with Crippen LogP contribution in [0.2, 0.25) is 5.02 Å². The number of halogens is 1. The lowest BCUT2D eigenvalue weighted by Gasteiger charge is -2.30. The van der Waals surface area contributed by atoms with Crippen LogP contribution in [0.4, 0.5) is 0 Å². The topological polar surface area (TPSA) is 64.9 Å². The molecule has 4 nitrogen and oxygen atoms in total. The molecule has 120 valence electrons. The fourth-order valence-electron chi connectivity index (χ4n) is 2.03. The Morgan fingerprint density at radius 2 is 1.86 bits per heavy atom. The molecule has 0 aliphatic rings. The second-order valence-corrected chi connectivity index (χ2v) is 6.50. The number of hydrogen-bond donors (Lipinski definition) is 2. The van der Waals surface area contributed by atoms with E-state index in [2.05, 4.69) is 16.7 Å². The summed E-state index contributed by atoms with van der Waals surface area (Å²) in [7, 11) is 0. The van der Waals surface area contributed by atoms with Crippen molar-refractivity contribution in [1.29, 1.82) is 5.26 Å². The number of nitriles is 1. The predicted octanol–water partition coefficient (Wildman–Crippen LogP) is 3.43. The lowest BCUT2D eigenvalue weighted by atomic mass is 9.90. The van der Waals surface area contributed by atoms with Gasteiger partial charge in [-0.2, -0.15) is 5.26 Å². The van der Waals surface area contributed by atoms with Gasteiger partial charge >= 0.3 is 0 Å². The molecule has 5 heteroatoms. The molecule has 0 radical (unpaired) electrons. The quantitative estimate of drug-likeness (QED) is 0.843. The van der Waals surface area contributed by atoms with Crippen molar-refractivity contribution in [3.05, 3.63) is 34.9 Å². The van der Waals surface area contributed by atoms with Gasteiger partial charge in [0.2, 0.25) is 5.91 Å². The van der Waals surface area contributed by atoms with Gasteiger partial charge in [-0.1, -0.05) is 43.6 Å². The van der Waals surface area contributed by atoms with E-state index in [1.54, 1.807) is 13.8 Å². The van der Waals surface area contributed by atoms with Crippen molar-refractivity contribution >= 4 is 17.5 Å². The number of nitrogens with one attached hydrogen (secondary N) is 2. The van der Waals surface area contributed by atoms with Crippen molar-refractivity contribution in [2.24, 2.45) is 5.92 Å². The molecule has 3 atom stereocenters. The Morgan fingerprint density at radius 1 is 1.27 bits per heavy atom. The Kier molecular flexibility index (Phi) is 6.40. The van der Waals surface area contributed by atoms with Gasteiger partial charge in [0.1, 0.15) is 5.54 Å². The summed E-state index contributed by atoms with van der Waals surface area (Å²) in [4.78, 5) is 12.3. The first-order chi connectivity index (χ1) is 10.2. The van der Waals surface area contributed by atoms with E-state index < -0.39 is 11.6 Å². The van der Waals surface area contributed by atoms with Crippen LogP contribution >= 0.6 is 11.6 Å². The molecule has 0 aliphatic carbocycles. The highest BCUT2D eigenvalue weighted by Gasteiger charge is 2.31. The van der Waals surface area contributed by atoms with Crippen molar-refractivity contribution in [3.63, 3.8) is 0 Å². The number of benzene rings is 1. The van der Waals surface area contributed by atoms with Crippen LogP contribution in [-0.4, -0.2) is 17.5 Å². The minimum Gasteiger partial charge on any atom is -0.336 e. The summed E-state index contributed by atoms with van der Waals surface area (Å²) in [6, 6.07) is 9.21. The number of nitrogens with zero attached hydrogens (tertiary/aromatic N) is 1. The standard InChI is InChI=1S/C17H24ClN3O/c1-11(2)17(5,10-19)21-16(22)13(4)20-12(3)14-8-6-7-9-15(14)18/h6-9,11-13,20H,1-5H3,(H,21,22)/t12-,13+,17-/m1/s1. The number of carbonyl (C=O) groups is 1. The summed E-state index contributed by atoms with van der Waals surface area (Å²) in [6.07, 6.45) is 0. The molecule has 0 unspecified atom stereocenters. The van der Waals surface area contributed by atoms with E-state index in [9.17, 15) is 10.1 Å². The van der Waals surface area contributed by atoms with Crippen molar-refractivity contribution < 1.29 is 4.79 Å². The molecule has 0 heterocycles. The van der Waals surface area contributed by atoms with E-state index >= 15 is 0 Å². The summed E-state index contributed by atoms with van der Waals surface area (Å²) in [5.74, 6) is -0.175. The third-order valence-electron chi connectivity index (χ3n) is 4.03. The fourth-order valence-corrected chi connectivity index (χ4v) is 2.33. The first-order valence-corrected chi connectivity index (χ1v) is 7.82. The van der Waals surface area contributed by atoms with Crippen LogP contribution in [0.3, 0.4) is 0 Å². The lowest BCUT2D eigenvalue weighted by molar-refractivity contribution is -0.124. The highest BCUT2D eigenvalue weighted by Crippen LogP contribution is 2.22. The summed E-state index contributed by atoms with van der Waals surface area (Å²) in [5, 5.41) is 16.0. The average molecular weight is 322 g/mol. The lowest BCUT2D eigenvalue weighted by Crippen LogP contribution is -2.54. The van der Waals surface area contributed by atoms with E-state index in [-0.39, 0.29) is 17.9 Å². The molecule has 0 aliphatic heterocycles. The molecule has 0 fully saturated rings.